The predicted molar refractivity (Wildman–Crippen MR) is 113 cm³/mol. The zero-order chi connectivity index (χ0) is 21.1. The van der Waals surface area contributed by atoms with E-state index in [4.69, 9.17) is 4.74 Å². The van der Waals surface area contributed by atoms with Crippen molar-refractivity contribution in [3.05, 3.63) is 83.7 Å². The van der Waals surface area contributed by atoms with Crippen LogP contribution in [0.1, 0.15) is 44.7 Å². The number of rotatable bonds is 4. The molecule has 152 valence electrons. The average molecular weight is 394 g/mol. The van der Waals surface area contributed by atoms with Crippen LogP contribution in [0, 0.1) is 17.7 Å². The van der Waals surface area contributed by atoms with Crippen molar-refractivity contribution in [2.24, 2.45) is 0 Å². The third-order valence-electron chi connectivity index (χ3n) is 5.32. The second kappa shape index (κ2) is 8.51. The fraction of sp³-hybridized carbons (Fsp3) is 0.360. The van der Waals surface area contributed by atoms with Gasteiger partial charge in [-0.05, 0) is 57.0 Å². The van der Waals surface area contributed by atoms with Gasteiger partial charge < -0.3 is 9.84 Å². The molecule has 2 atom stereocenters. The predicted octanol–water partition coefficient (Wildman–Crippen LogP) is 4.82. The highest BCUT2D eigenvalue weighted by Crippen LogP contribution is 2.41. The summed E-state index contributed by atoms with van der Waals surface area (Å²) in [5.41, 5.74) is 1.54. The van der Waals surface area contributed by atoms with E-state index in [1.54, 1.807) is 12.1 Å². The van der Waals surface area contributed by atoms with Crippen LogP contribution in [0.4, 0.5) is 4.39 Å². The van der Waals surface area contributed by atoms with Crippen LogP contribution < -0.4 is 0 Å². The summed E-state index contributed by atoms with van der Waals surface area (Å²) in [4.78, 5) is 1.85. The quantitative estimate of drug-likeness (QED) is 0.597. The number of hydrogen-bond donors (Lipinski definition) is 1. The van der Waals surface area contributed by atoms with Crippen LogP contribution in [0.5, 0.6) is 0 Å². The molecule has 1 fully saturated rings. The summed E-state index contributed by atoms with van der Waals surface area (Å²) in [5, 5.41) is 10.9. The second-order valence-corrected chi connectivity index (χ2v) is 8.20. The summed E-state index contributed by atoms with van der Waals surface area (Å²) in [6, 6.07) is 16.1. The molecule has 3 nitrogen and oxygen atoms in total. The summed E-state index contributed by atoms with van der Waals surface area (Å²) in [5.74, 6) is 5.99. The van der Waals surface area contributed by atoms with Gasteiger partial charge in [-0.3, -0.25) is 0 Å². The molecule has 1 aliphatic heterocycles. The lowest BCUT2D eigenvalue weighted by atomic mass is 9.83. The molecule has 0 saturated carbocycles. The molecule has 2 aromatic rings. The number of aliphatic hydroxyl groups is 1. The molecular weight excluding hydrogens is 365 g/mol. The molecule has 1 aliphatic rings. The average Bonchev–Trinajstić information content (AvgIpc) is 2.67. The fourth-order valence-corrected chi connectivity index (χ4v) is 3.80. The molecule has 1 heterocycles. The van der Waals surface area contributed by atoms with Gasteiger partial charge in [-0.1, -0.05) is 47.7 Å². The van der Waals surface area contributed by atoms with Crippen LogP contribution in [0.15, 0.2) is 66.7 Å². The first-order valence-electron chi connectivity index (χ1n) is 9.83. The first kappa shape index (κ1) is 21.3. The Morgan fingerprint density at radius 3 is 2.48 bits per heavy atom. The molecule has 3 rings (SSSR count). The fourth-order valence-electron chi connectivity index (χ4n) is 3.80. The number of halogens is 1. The van der Waals surface area contributed by atoms with Crippen molar-refractivity contribution in [1.82, 2.24) is 4.90 Å². The first-order valence-corrected chi connectivity index (χ1v) is 9.83. The van der Waals surface area contributed by atoms with E-state index in [1.807, 2.05) is 56.0 Å². The number of hydrogen-bond acceptors (Lipinski definition) is 3. The summed E-state index contributed by atoms with van der Waals surface area (Å²) in [7, 11) is 0. The van der Waals surface area contributed by atoms with Crippen LogP contribution >= 0.6 is 0 Å². The van der Waals surface area contributed by atoms with Gasteiger partial charge in [-0.25, -0.2) is 9.29 Å². The Labute approximate surface area is 172 Å². The lowest BCUT2D eigenvalue weighted by Crippen LogP contribution is -2.58. The SMILES string of the molecule is C=C(C)CC1(c2ccccc2)CCN(C(C)(C)C#Cc2ccc(F)cc2)C(O)O1. The molecule has 2 unspecified atom stereocenters. The number of aliphatic hydroxyl groups excluding tert-OH is 1. The molecule has 0 aliphatic carbocycles. The Kier molecular flexibility index (Phi) is 6.24. The van der Waals surface area contributed by atoms with Crippen molar-refractivity contribution in [3.63, 3.8) is 0 Å². The number of nitrogens with zero attached hydrogens (tertiary/aromatic N) is 1. The Hall–Kier alpha value is -2.45. The normalized spacial score (nSPS) is 22.6. The van der Waals surface area contributed by atoms with Gasteiger partial charge in [0.1, 0.15) is 11.4 Å². The third-order valence-corrected chi connectivity index (χ3v) is 5.32. The lowest BCUT2D eigenvalue weighted by Gasteiger charge is -2.49. The van der Waals surface area contributed by atoms with Crippen molar-refractivity contribution >= 4 is 0 Å². The zero-order valence-corrected chi connectivity index (χ0v) is 17.3. The van der Waals surface area contributed by atoms with E-state index in [2.05, 4.69) is 18.4 Å². The molecule has 0 radical (unpaired) electrons. The monoisotopic (exact) mass is 393 g/mol. The highest BCUT2D eigenvalue weighted by molar-refractivity contribution is 5.36. The number of benzene rings is 2. The first-order chi connectivity index (χ1) is 13.7. The van der Waals surface area contributed by atoms with E-state index in [-0.39, 0.29) is 5.82 Å². The molecule has 4 heteroatoms. The van der Waals surface area contributed by atoms with Crippen molar-refractivity contribution in [2.45, 2.75) is 51.2 Å². The molecule has 1 N–H and O–H groups in total. The summed E-state index contributed by atoms with van der Waals surface area (Å²) < 4.78 is 19.3. The van der Waals surface area contributed by atoms with Gasteiger partial charge in [0.15, 0.2) is 0 Å². The topological polar surface area (TPSA) is 32.7 Å². The minimum atomic E-state index is -1.10. The Morgan fingerprint density at radius 1 is 1.24 bits per heavy atom. The zero-order valence-electron chi connectivity index (χ0n) is 17.3. The van der Waals surface area contributed by atoms with Gasteiger partial charge in [0, 0.05) is 18.5 Å². The van der Waals surface area contributed by atoms with Gasteiger partial charge in [0.25, 0.3) is 0 Å². The van der Waals surface area contributed by atoms with Crippen LogP contribution in [0.3, 0.4) is 0 Å². The Balaban J connectivity index is 1.82. The highest BCUT2D eigenvalue weighted by atomic mass is 19.1. The van der Waals surface area contributed by atoms with E-state index in [1.165, 1.54) is 12.1 Å². The Morgan fingerprint density at radius 2 is 1.90 bits per heavy atom. The van der Waals surface area contributed by atoms with E-state index < -0.39 is 17.6 Å². The van der Waals surface area contributed by atoms with E-state index >= 15 is 0 Å². The van der Waals surface area contributed by atoms with Gasteiger partial charge in [-0.2, -0.15) is 0 Å². The van der Waals surface area contributed by atoms with Gasteiger partial charge in [-0.15, -0.1) is 6.58 Å². The van der Waals surface area contributed by atoms with Crippen molar-refractivity contribution in [1.29, 1.82) is 0 Å². The minimum Gasteiger partial charge on any atom is -0.356 e. The molecule has 2 aromatic carbocycles. The van der Waals surface area contributed by atoms with Gasteiger partial charge >= 0.3 is 0 Å². The molecule has 1 saturated heterocycles. The van der Waals surface area contributed by atoms with Gasteiger partial charge in [0.2, 0.25) is 6.41 Å². The van der Waals surface area contributed by atoms with Crippen molar-refractivity contribution in [3.8, 4) is 11.8 Å². The standard InChI is InChI=1S/C25H28FNO2/c1-19(2)18-25(21-8-6-5-7-9-21)16-17-27(23(28)29-25)24(3,4)15-14-20-10-12-22(26)13-11-20/h5-13,23,28H,1,16-18H2,2-4H3. The maximum atomic E-state index is 13.1. The maximum Gasteiger partial charge on any atom is 0.218 e. The van der Waals surface area contributed by atoms with E-state index in [0.717, 1.165) is 16.7 Å². The summed E-state index contributed by atoms with van der Waals surface area (Å²) >= 11 is 0. The van der Waals surface area contributed by atoms with Crippen LogP contribution in [-0.2, 0) is 10.3 Å². The molecule has 0 aromatic heterocycles. The molecular formula is C25H28FNO2. The number of ether oxygens (including phenoxy) is 1. The van der Waals surface area contributed by atoms with Crippen LogP contribution in [-0.4, -0.2) is 28.5 Å². The maximum absolute atomic E-state index is 13.1. The smallest absolute Gasteiger partial charge is 0.218 e. The summed E-state index contributed by atoms with van der Waals surface area (Å²) in [6.07, 6.45) is 0.257. The third kappa shape index (κ3) is 4.94. The second-order valence-electron chi connectivity index (χ2n) is 8.20. The minimum absolute atomic E-state index is 0.288. The lowest BCUT2D eigenvalue weighted by molar-refractivity contribution is -0.300. The van der Waals surface area contributed by atoms with E-state index in [9.17, 15) is 9.50 Å². The van der Waals surface area contributed by atoms with Gasteiger partial charge in [0.05, 0.1) is 5.54 Å². The Bertz CT molecular complexity index is 911. The molecule has 29 heavy (non-hydrogen) atoms. The summed E-state index contributed by atoms with van der Waals surface area (Å²) in [6.45, 7) is 10.6. The molecule has 0 bridgehead atoms. The van der Waals surface area contributed by atoms with Crippen LogP contribution in [0.25, 0.3) is 0 Å². The highest BCUT2D eigenvalue weighted by Gasteiger charge is 2.45. The van der Waals surface area contributed by atoms with Crippen molar-refractivity contribution in [2.75, 3.05) is 6.54 Å². The van der Waals surface area contributed by atoms with Crippen molar-refractivity contribution < 1.29 is 14.2 Å². The molecule has 0 amide bonds. The molecule has 0 spiro atoms. The largest absolute Gasteiger partial charge is 0.356 e. The van der Waals surface area contributed by atoms with Crippen LogP contribution in [0.2, 0.25) is 0 Å². The van der Waals surface area contributed by atoms with E-state index in [0.29, 0.717) is 19.4 Å².